The predicted octanol–water partition coefficient (Wildman–Crippen LogP) is 7.48. The van der Waals surface area contributed by atoms with E-state index in [1.165, 1.54) is 11.1 Å². The number of ether oxygens (including phenoxy) is 1. The molecule has 1 aromatic carbocycles. The highest BCUT2D eigenvalue weighted by Crippen LogP contribution is 2.52. The first-order valence-electron chi connectivity index (χ1n) is 11.5. The Morgan fingerprint density at radius 3 is 2.69 bits per heavy atom. The maximum atomic E-state index is 9.59. The van der Waals surface area contributed by atoms with Gasteiger partial charge < -0.3 is 18.9 Å². The first kappa shape index (κ1) is 26.5. The van der Waals surface area contributed by atoms with E-state index in [0.29, 0.717) is 13.2 Å². The average Bonchev–Trinajstić information content (AvgIpc) is 3.20. The number of aliphatic hydroxyl groups excluding tert-OH is 1. The lowest BCUT2D eigenvalue weighted by molar-refractivity contribution is 0.0470. The van der Waals surface area contributed by atoms with Crippen molar-refractivity contribution in [2.75, 3.05) is 13.2 Å². The maximum absolute atomic E-state index is 9.59. The summed E-state index contributed by atoms with van der Waals surface area (Å²) in [7, 11) is -1.31. The molecule has 0 amide bonds. The van der Waals surface area contributed by atoms with Crippen LogP contribution in [0.15, 0.2) is 77.9 Å². The minimum atomic E-state index is -1.31. The summed E-state index contributed by atoms with van der Waals surface area (Å²) in [6, 6.07) is 9.76. The minimum Gasteiger partial charge on any atom is -0.445 e. The van der Waals surface area contributed by atoms with E-state index in [1.54, 1.807) is 0 Å². The van der Waals surface area contributed by atoms with Crippen LogP contribution in [-0.2, 0) is 9.26 Å². The Kier molecular flexibility index (Phi) is 12.0. The van der Waals surface area contributed by atoms with Crippen LogP contribution in [-0.4, -0.2) is 29.8 Å². The van der Waals surface area contributed by atoms with Gasteiger partial charge in [0, 0.05) is 0 Å². The summed E-state index contributed by atoms with van der Waals surface area (Å²) < 4.78 is 18.6. The van der Waals surface area contributed by atoms with E-state index in [0.717, 1.165) is 37.9 Å². The van der Waals surface area contributed by atoms with E-state index in [1.807, 2.05) is 81.5 Å². The quantitative estimate of drug-likeness (QED) is 0.136. The molecule has 32 heavy (non-hydrogen) atoms. The molecule has 0 bridgehead atoms. The van der Waals surface area contributed by atoms with Crippen LogP contribution in [0.25, 0.3) is 0 Å². The van der Waals surface area contributed by atoms with E-state index in [4.69, 9.17) is 13.8 Å². The molecule has 2 rings (SSSR count). The molecular weight excluding hydrogens is 419 g/mol. The number of para-hydroxylation sites is 1. The van der Waals surface area contributed by atoms with Crippen molar-refractivity contribution in [3.63, 3.8) is 0 Å². The molecule has 1 aromatic rings. The van der Waals surface area contributed by atoms with Gasteiger partial charge in [-0.25, -0.2) is 0 Å². The fraction of sp³-hybridized carbons (Fsp3) is 0.481. The second-order valence-electron chi connectivity index (χ2n) is 8.52. The maximum Gasteiger partial charge on any atom is 0.264 e. The van der Waals surface area contributed by atoms with Crippen LogP contribution < -0.4 is 4.52 Å². The summed E-state index contributed by atoms with van der Waals surface area (Å²) in [6.07, 6.45) is 17.1. The van der Waals surface area contributed by atoms with Crippen molar-refractivity contribution in [1.29, 1.82) is 0 Å². The predicted molar refractivity (Wildman–Crippen MR) is 135 cm³/mol. The third kappa shape index (κ3) is 10.3. The van der Waals surface area contributed by atoms with Crippen LogP contribution in [0.1, 0.15) is 59.8 Å². The number of hydrogen-bond donors (Lipinski definition) is 1. The van der Waals surface area contributed by atoms with Crippen molar-refractivity contribution in [3.8, 4) is 5.75 Å². The summed E-state index contributed by atoms with van der Waals surface area (Å²) >= 11 is 0. The standard InChI is InChI=1S/C27H39O4P/c1-5-6-7-13-20-30-32(31-26-16-9-8-10-17-26)27(3,4)29-22-23(2)14-11-12-15-24-18-19-25(28)21-24/h5-10,13-14,16-17,21,25,28H,11-12,15,18-20,22H2,1-4H3/b6-5-,13-7-,23-14-. The Balaban J connectivity index is 1.86. The first-order chi connectivity index (χ1) is 15.4. The van der Waals surface area contributed by atoms with Crippen LogP contribution in [0.2, 0.25) is 0 Å². The van der Waals surface area contributed by atoms with Crippen LogP contribution in [0.5, 0.6) is 5.75 Å². The van der Waals surface area contributed by atoms with Crippen LogP contribution in [0, 0.1) is 0 Å². The van der Waals surface area contributed by atoms with Gasteiger partial charge in [-0.1, -0.05) is 65.8 Å². The first-order valence-corrected chi connectivity index (χ1v) is 12.7. The lowest BCUT2D eigenvalue weighted by Gasteiger charge is -2.32. The SMILES string of the molecule is C/C=C\C=C/COP(Oc1ccccc1)C(C)(C)OC/C(C)=C\CCCC1=CC(O)CC1. The number of allylic oxidation sites excluding steroid dienone is 5. The Morgan fingerprint density at radius 2 is 2.00 bits per heavy atom. The lowest BCUT2D eigenvalue weighted by Crippen LogP contribution is -2.26. The van der Waals surface area contributed by atoms with Gasteiger partial charge in [-0.15, -0.1) is 0 Å². The summed E-state index contributed by atoms with van der Waals surface area (Å²) in [5, 5.41) is 9.02. The second-order valence-corrected chi connectivity index (χ2v) is 10.6. The van der Waals surface area contributed by atoms with Gasteiger partial charge in [-0.2, -0.15) is 0 Å². The van der Waals surface area contributed by atoms with E-state index >= 15 is 0 Å². The van der Waals surface area contributed by atoms with Crippen molar-refractivity contribution < 1.29 is 18.9 Å². The molecule has 0 radical (unpaired) electrons. The molecule has 0 aliphatic heterocycles. The number of aliphatic hydroxyl groups is 1. The van der Waals surface area contributed by atoms with Gasteiger partial charge in [-0.05, 0) is 71.9 Å². The number of hydrogen-bond acceptors (Lipinski definition) is 4. The molecule has 176 valence electrons. The van der Waals surface area contributed by atoms with Gasteiger partial charge in [0.05, 0.1) is 19.3 Å². The molecule has 5 heteroatoms. The fourth-order valence-electron chi connectivity index (χ4n) is 3.28. The van der Waals surface area contributed by atoms with E-state index in [2.05, 4.69) is 13.0 Å². The van der Waals surface area contributed by atoms with Crippen LogP contribution in [0.3, 0.4) is 0 Å². The zero-order chi connectivity index (χ0) is 23.2. The van der Waals surface area contributed by atoms with Crippen LogP contribution in [0.4, 0.5) is 0 Å². The molecule has 1 aliphatic rings. The molecule has 0 fully saturated rings. The number of rotatable bonds is 14. The smallest absolute Gasteiger partial charge is 0.264 e. The third-order valence-electron chi connectivity index (χ3n) is 5.14. The monoisotopic (exact) mass is 458 g/mol. The number of benzene rings is 1. The second kappa shape index (κ2) is 14.4. The lowest BCUT2D eigenvalue weighted by atomic mass is 10.1. The highest BCUT2D eigenvalue weighted by molar-refractivity contribution is 7.49. The Morgan fingerprint density at radius 1 is 1.22 bits per heavy atom. The van der Waals surface area contributed by atoms with E-state index < -0.39 is 13.7 Å². The molecule has 2 atom stereocenters. The van der Waals surface area contributed by atoms with Crippen molar-refractivity contribution in [3.05, 3.63) is 77.9 Å². The Labute approximate surface area is 195 Å². The molecule has 2 unspecified atom stereocenters. The van der Waals surface area contributed by atoms with Gasteiger partial charge in [0.15, 0.2) is 0 Å². The minimum absolute atomic E-state index is 0.230. The average molecular weight is 459 g/mol. The molecule has 1 aliphatic carbocycles. The topological polar surface area (TPSA) is 47.9 Å². The highest BCUT2D eigenvalue weighted by atomic mass is 31.2. The van der Waals surface area contributed by atoms with E-state index in [-0.39, 0.29) is 6.10 Å². The molecule has 0 saturated heterocycles. The normalized spacial score (nSPS) is 18.5. The summed E-state index contributed by atoms with van der Waals surface area (Å²) in [6.45, 7) is 9.17. The van der Waals surface area contributed by atoms with Gasteiger partial charge in [0.1, 0.15) is 11.1 Å². The zero-order valence-corrected chi connectivity index (χ0v) is 20.9. The molecule has 0 saturated carbocycles. The van der Waals surface area contributed by atoms with Gasteiger partial charge in [0.25, 0.3) is 8.38 Å². The zero-order valence-electron chi connectivity index (χ0n) is 20.0. The third-order valence-corrected chi connectivity index (χ3v) is 6.90. The van der Waals surface area contributed by atoms with E-state index in [9.17, 15) is 5.11 Å². The van der Waals surface area contributed by atoms with Crippen molar-refractivity contribution in [2.24, 2.45) is 0 Å². The molecule has 0 heterocycles. The molecule has 1 N–H and O–H groups in total. The van der Waals surface area contributed by atoms with Crippen LogP contribution >= 0.6 is 8.38 Å². The molecule has 0 spiro atoms. The largest absolute Gasteiger partial charge is 0.445 e. The molecule has 0 aromatic heterocycles. The Hall–Kier alpha value is -1.71. The summed E-state index contributed by atoms with van der Waals surface area (Å²) in [4.78, 5) is 0. The van der Waals surface area contributed by atoms with Gasteiger partial charge in [-0.3, -0.25) is 0 Å². The van der Waals surface area contributed by atoms with Crippen molar-refractivity contribution in [2.45, 2.75) is 71.2 Å². The van der Waals surface area contributed by atoms with Crippen molar-refractivity contribution >= 4 is 8.38 Å². The molecule has 4 nitrogen and oxygen atoms in total. The molecular formula is C27H39O4P. The highest BCUT2D eigenvalue weighted by Gasteiger charge is 2.35. The van der Waals surface area contributed by atoms with Gasteiger partial charge >= 0.3 is 0 Å². The summed E-state index contributed by atoms with van der Waals surface area (Å²) in [5.74, 6) is 0.784. The number of unbranched alkanes of at least 4 members (excludes halogenated alkanes) is 1. The van der Waals surface area contributed by atoms with Crippen molar-refractivity contribution in [1.82, 2.24) is 0 Å². The Bertz CT molecular complexity index is 780. The summed E-state index contributed by atoms with van der Waals surface area (Å²) in [5.41, 5.74) is 2.60. The fourth-order valence-corrected chi connectivity index (χ4v) is 4.57. The van der Waals surface area contributed by atoms with Gasteiger partial charge in [0.2, 0.25) is 0 Å².